The summed E-state index contributed by atoms with van der Waals surface area (Å²) in [5.74, 6) is 0.0907. The van der Waals surface area contributed by atoms with Crippen LogP contribution in [-0.2, 0) is 17.4 Å². The zero-order valence-corrected chi connectivity index (χ0v) is 17.9. The summed E-state index contributed by atoms with van der Waals surface area (Å²) in [5, 5.41) is 2.84. The summed E-state index contributed by atoms with van der Waals surface area (Å²) < 4.78 is 45.4. The first-order chi connectivity index (χ1) is 15.3. The molecule has 2 atom stereocenters. The van der Waals surface area contributed by atoms with Crippen molar-refractivity contribution in [3.8, 4) is 5.75 Å². The van der Waals surface area contributed by atoms with Gasteiger partial charge in [-0.3, -0.25) is 4.79 Å². The third-order valence-corrected chi connectivity index (χ3v) is 6.22. The number of carbonyl (C=O) groups excluding carboxylic acids is 1. The first-order valence-electron chi connectivity index (χ1n) is 10.6. The Hall–Kier alpha value is -3.16. The molecule has 0 saturated carbocycles. The number of hydrogen-bond acceptors (Lipinski definition) is 4. The second-order valence-electron chi connectivity index (χ2n) is 8.06. The molecule has 4 rings (SSSR count). The Balaban J connectivity index is 1.69. The van der Waals surface area contributed by atoms with Crippen molar-refractivity contribution in [2.75, 3.05) is 43.1 Å². The van der Waals surface area contributed by atoms with Crippen LogP contribution in [0, 0.1) is 5.92 Å². The van der Waals surface area contributed by atoms with E-state index >= 15 is 0 Å². The molecule has 1 fully saturated rings. The average molecular weight is 445 g/mol. The molecule has 1 saturated heterocycles. The smallest absolute Gasteiger partial charge is 0.416 e. The lowest BCUT2D eigenvalue weighted by atomic mass is 9.82. The van der Waals surface area contributed by atoms with Gasteiger partial charge < -0.3 is 19.9 Å². The van der Waals surface area contributed by atoms with Gasteiger partial charge in [0.1, 0.15) is 5.75 Å². The molecule has 0 unspecified atom stereocenters. The Kier molecular flexibility index (Phi) is 6.04. The van der Waals surface area contributed by atoms with Crippen molar-refractivity contribution in [3.63, 3.8) is 0 Å². The molecule has 0 aliphatic carbocycles. The predicted octanol–water partition coefficient (Wildman–Crippen LogP) is 3.88. The van der Waals surface area contributed by atoms with Gasteiger partial charge in [0, 0.05) is 31.9 Å². The van der Waals surface area contributed by atoms with Crippen molar-refractivity contribution in [3.05, 3.63) is 66.2 Å². The van der Waals surface area contributed by atoms with Gasteiger partial charge in [0.05, 0.1) is 30.3 Å². The van der Waals surface area contributed by atoms with E-state index in [1.807, 2.05) is 24.3 Å². The van der Waals surface area contributed by atoms with Gasteiger partial charge >= 0.3 is 6.18 Å². The fraction of sp³-hybridized carbons (Fsp3) is 0.375. The number of ether oxygens (including phenoxy) is 1. The number of nitrogens with one attached hydrogen (secondary N) is 1. The Morgan fingerprint density at radius 1 is 1.22 bits per heavy atom. The van der Waals surface area contributed by atoms with E-state index in [4.69, 9.17) is 4.74 Å². The predicted molar refractivity (Wildman–Crippen MR) is 118 cm³/mol. The maximum Gasteiger partial charge on any atom is 0.416 e. The minimum absolute atomic E-state index is 0.176. The molecular formula is C24H26F3N3O2. The lowest BCUT2D eigenvalue weighted by Gasteiger charge is -2.49. The molecule has 0 bridgehead atoms. The minimum Gasteiger partial charge on any atom is -0.495 e. The van der Waals surface area contributed by atoms with Crippen LogP contribution < -0.4 is 19.9 Å². The number of halogens is 3. The summed E-state index contributed by atoms with van der Waals surface area (Å²) in [6.45, 7) is 5.76. The van der Waals surface area contributed by atoms with Crippen LogP contribution >= 0.6 is 0 Å². The molecule has 2 aliphatic heterocycles. The van der Waals surface area contributed by atoms with E-state index in [2.05, 4.69) is 21.7 Å². The van der Waals surface area contributed by atoms with Crippen LogP contribution in [0.1, 0.15) is 11.1 Å². The van der Waals surface area contributed by atoms with Crippen molar-refractivity contribution in [2.45, 2.75) is 18.6 Å². The molecule has 2 aromatic rings. The van der Waals surface area contributed by atoms with Crippen LogP contribution in [0.4, 0.5) is 24.5 Å². The Labute approximate surface area is 185 Å². The quantitative estimate of drug-likeness (QED) is 0.710. The topological polar surface area (TPSA) is 44.8 Å². The van der Waals surface area contributed by atoms with Crippen LogP contribution in [0.2, 0.25) is 0 Å². The Morgan fingerprint density at radius 2 is 2.00 bits per heavy atom. The fourth-order valence-electron chi connectivity index (χ4n) is 4.71. The van der Waals surface area contributed by atoms with Gasteiger partial charge in [-0.25, -0.2) is 0 Å². The standard InChI is InChI=1S/C24H26F3N3O2/c1-3-10-28-23(31)18-14-16-13-17(24(25,26)27)8-9-19(16)30-12-11-29(15-21(18)30)20-6-4-5-7-22(20)32-2/h3-9,13,18,21H,1,10-12,14-15H2,2H3,(H,28,31)/t18-,21+/m0/s1. The zero-order chi connectivity index (χ0) is 22.9. The number of rotatable bonds is 5. The van der Waals surface area contributed by atoms with Crippen LogP contribution in [0.15, 0.2) is 55.1 Å². The van der Waals surface area contributed by atoms with Gasteiger partial charge in [0.2, 0.25) is 5.91 Å². The highest BCUT2D eigenvalue weighted by Gasteiger charge is 2.43. The van der Waals surface area contributed by atoms with E-state index in [1.54, 1.807) is 19.3 Å². The molecule has 170 valence electrons. The number of para-hydroxylation sites is 2. The van der Waals surface area contributed by atoms with Gasteiger partial charge in [0.15, 0.2) is 0 Å². The average Bonchev–Trinajstić information content (AvgIpc) is 2.80. The van der Waals surface area contributed by atoms with Gasteiger partial charge in [-0.15, -0.1) is 6.58 Å². The van der Waals surface area contributed by atoms with Gasteiger partial charge in [-0.05, 0) is 42.3 Å². The van der Waals surface area contributed by atoms with E-state index in [0.717, 1.165) is 23.2 Å². The number of methoxy groups -OCH3 is 1. The van der Waals surface area contributed by atoms with Crippen LogP contribution in [0.3, 0.4) is 0 Å². The van der Waals surface area contributed by atoms with Crippen LogP contribution in [0.5, 0.6) is 5.75 Å². The molecule has 2 heterocycles. The minimum atomic E-state index is -4.42. The van der Waals surface area contributed by atoms with Crippen molar-refractivity contribution >= 4 is 17.3 Å². The number of anilines is 2. The monoisotopic (exact) mass is 445 g/mol. The highest BCUT2D eigenvalue weighted by molar-refractivity contribution is 5.82. The van der Waals surface area contributed by atoms with E-state index in [9.17, 15) is 18.0 Å². The summed E-state index contributed by atoms with van der Waals surface area (Å²) in [6.07, 6.45) is -2.57. The zero-order valence-electron chi connectivity index (χ0n) is 17.9. The number of amides is 1. The van der Waals surface area contributed by atoms with E-state index in [-0.39, 0.29) is 18.4 Å². The van der Waals surface area contributed by atoms with Crippen molar-refractivity contribution in [2.24, 2.45) is 5.92 Å². The second kappa shape index (κ2) is 8.76. The number of fused-ring (bicyclic) bond motifs is 3. The molecule has 1 amide bonds. The molecular weight excluding hydrogens is 419 g/mol. The first kappa shape index (κ1) is 22.0. The largest absolute Gasteiger partial charge is 0.495 e. The molecule has 0 aromatic heterocycles. The SMILES string of the molecule is C=CCNC(=O)[C@H]1Cc2cc(C(F)(F)F)ccc2N2CCN(c3ccccc3OC)C[C@H]12. The molecule has 5 nitrogen and oxygen atoms in total. The number of alkyl halides is 3. The first-order valence-corrected chi connectivity index (χ1v) is 10.6. The van der Waals surface area contributed by atoms with Crippen molar-refractivity contribution in [1.29, 1.82) is 0 Å². The normalized spacial score (nSPS) is 20.2. The van der Waals surface area contributed by atoms with Gasteiger partial charge in [-0.1, -0.05) is 18.2 Å². The van der Waals surface area contributed by atoms with Crippen molar-refractivity contribution < 1.29 is 22.7 Å². The summed E-state index contributed by atoms with van der Waals surface area (Å²) in [7, 11) is 1.62. The molecule has 32 heavy (non-hydrogen) atoms. The Bertz CT molecular complexity index is 1010. The highest BCUT2D eigenvalue weighted by atomic mass is 19.4. The number of carbonyl (C=O) groups is 1. The lowest BCUT2D eigenvalue weighted by molar-refractivity contribution is -0.137. The number of benzene rings is 2. The van der Waals surface area contributed by atoms with Crippen LogP contribution in [0.25, 0.3) is 0 Å². The number of nitrogens with zero attached hydrogens (tertiary/aromatic N) is 2. The van der Waals surface area contributed by atoms with Gasteiger partial charge in [0.25, 0.3) is 0 Å². The summed E-state index contributed by atoms with van der Waals surface area (Å²) in [4.78, 5) is 17.3. The van der Waals surface area contributed by atoms with Gasteiger partial charge in [-0.2, -0.15) is 13.2 Å². The summed E-state index contributed by atoms with van der Waals surface area (Å²) in [5.41, 5.74) is 1.58. The summed E-state index contributed by atoms with van der Waals surface area (Å²) in [6, 6.07) is 11.4. The molecule has 0 radical (unpaired) electrons. The third kappa shape index (κ3) is 4.13. The second-order valence-corrected chi connectivity index (χ2v) is 8.06. The lowest BCUT2D eigenvalue weighted by Crippen LogP contribution is -2.61. The molecule has 8 heteroatoms. The van der Waals surface area contributed by atoms with Crippen molar-refractivity contribution in [1.82, 2.24) is 5.32 Å². The molecule has 0 spiro atoms. The fourth-order valence-corrected chi connectivity index (χ4v) is 4.71. The summed E-state index contributed by atoms with van der Waals surface area (Å²) >= 11 is 0. The molecule has 1 N–H and O–H groups in total. The Morgan fingerprint density at radius 3 is 2.72 bits per heavy atom. The molecule has 2 aliphatic rings. The number of hydrogen-bond donors (Lipinski definition) is 1. The maximum absolute atomic E-state index is 13.3. The third-order valence-electron chi connectivity index (χ3n) is 6.22. The van der Waals surface area contributed by atoms with Crippen LogP contribution in [-0.4, -0.2) is 45.2 Å². The number of piperazine rings is 1. The van der Waals surface area contributed by atoms with E-state index < -0.39 is 17.7 Å². The highest BCUT2D eigenvalue weighted by Crippen LogP contribution is 2.41. The van der Waals surface area contributed by atoms with E-state index in [0.29, 0.717) is 31.7 Å². The molecule has 2 aromatic carbocycles. The van der Waals surface area contributed by atoms with E-state index in [1.165, 1.54) is 6.07 Å². The maximum atomic E-state index is 13.3.